The number of hydrogen-bond acceptors (Lipinski definition) is 6. The van der Waals surface area contributed by atoms with Crippen LogP contribution in [0.2, 0.25) is 0 Å². The van der Waals surface area contributed by atoms with Crippen LogP contribution in [-0.2, 0) is 28.6 Å². The van der Waals surface area contributed by atoms with Crippen molar-refractivity contribution in [3.63, 3.8) is 0 Å². The summed E-state index contributed by atoms with van der Waals surface area (Å²) in [5.41, 5.74) is 0. The molecular formula is C72H134O6. The van der Waals surface area contributed by atoms with E-state index in [0.29, 0.717) is 19.3 Å². The van der Waals surface area contributed by atoms with Crippen LogP contribution in [0.3, 0.4) is 0 Å². The fourth-order valence-electron chi connectivity index (χ4n) is 10.6. The van der Waals surface area contributed by atoms with Crippen LogP contribution in [0.1, 0.15) is 387 Å². The molecule has 0 saturated carbocycles. The van der Waals surface area contributed by atoms with Gasteiger partial charge in [-0.05, 0) is 70.6 Å². The van der Waals surface area contributed by atoms with Gasteiger partial charge >= 0.3 is 17.9 Å². The van der Waals surface area contributed by atoms with E-state index in [2.05, 4.69) is 57.2 Å². The number of allylic oxidation sites excluding steroid dienone is 6. The minimum atomic E-state index is -0.776. The summed E-state index contributed by atoms with van der Waals surface area (Å²) in [6.07, 6.45) is 83.1. The van der Waals surface area contributed by atoms with Crippen LogP contribution >= 0.6 is 0 Å². The third-order valence-electron chi connectivity index (χ3n) is 15.9. The van der Waals surface area contributed by atoms with Crippen molar-refractivity contribution in [3.05, 3.63) is 36.5 Å². The lowest BCUT2D eigenvalue weighted by atomic mass is 10.0. The monoisotopic (exact) mass is 1100 g/mol. The maximum absolute atomic E-state index is 12.9. The van der Waals surface area contributed by atoms with Gasteiger partial charge in [0.05, 0.1) is 0 Å². The molecule has 0 aromatic carbocycles. The van der Waals surface area contributed by atoms with Crippen molar-refractivity contribution < 1.29 is 28.6 Å². The molecule has 0 aliphatic rings. The number of hydrogen-bond donors (Lipinski definition) is 0. The summed E-state index contributed by atoms with van der Waals surface area (Å²) in [6.45, 7) is 6.66. The van der Waals surface area contributed by atoms with Gasteiger partial charge in [0, 0.05) is 19.3 Å². The van der Waals surface area contributed by atoms with E-state index < -0.39 is 6.10 Å². The van der Waals surface area contributed by atoms with Crippen molar-refractivity contribution in [2.24, 2.45) is 0 Å². The minimum absolute atomic E-state index is 0.0719. The van der Waals surface area contributed by atoms with E-state index in [9.17, 15) is 14.4 Å². The number of esters is 3. The number of unbranched alkanes of at least 4 members (excludes halogenated alkanes) is 48. The molecule has 0 aliphatic carbocycles. The van der Waals surface area contributed by atoms with Gasteiger partial charge in [-0.1, -0.05) is 333 Å². The summed E-state index contributed by atoms with van der Waals surface area (Å²) < 4.78 is 17.0. The van der Waals surface area contributed by atoms with Gasteiger partial charge in [-0.3, -0.25) is 14.4 Å². The highest BCUT2D eigenvalue weighted by molar-refractivity contribution is 5.71. The topological polar surface area (TPSA) is 78.9 Å². The Morgan fingerprint density at radius 1 is 0.256 bits per heavy atom. The quantitative estimate of drug-likeness (QED) is 0.0261. The Morgan fingerprint density at radius 3 is 0.756 bits per heavy atom. The zero-order valence-electron chi connectivity index (χ0n) is 52.7. The van der Waals surface area contributed by atoms with Crippen LogP contribution < -0.4 is 0 Å². The molecule has 0 amide bonds. The second-order valence-corrected chi connectivity index (χ2v) is 23.8. The van der Waals surface area contributed by atoms with E-state index >= 15 is 0 Å². The molecule has 6 heteroatoms. The zero-order valence-corrected chi connectivity index (χ0v) is 52.7. The summed E-state index contributed by atoms with van der Waals surface area (Å²) in [5, 5.41) is 0. The summed E-state index contributed by atoms with van der Waals surface area (Å²) in [7, 11) is 0. The molecule has 0 aromatic rings. The first-order valence-electron chi connectivity index (χ1n) is 35.0. The van der Waals surface area contributed by atoms with Crippen molar-refractivity contribution in [1.82, 2.24) is 0 Å². The van der Waals surface area contributed by atoms with Crippen molar-refractivity contribution >= 4 is 17.9 Å². The lowest BCUT2D eigenvalue weighted by molar-refractivity contribution is -0.167. The zero-order chi connectivity index (χ0) is 56.4. The fraction of sp³-hybridized carbons (Fsp3) is 0.875. The van der Waals surface area contributed by atoms with Gasteiger partial charge < -0.3 is 14.2 Å². The van der Waals surface area contributed by atoms with Gasteiger partial charge in [0.1, 0.15) is 13.2 Å². The highest BCUT2D eigenvalue weighted by Gasteiger charge is 2.19. The second-order valence-electron chi connectivity index (χ2n) is 23.8. The summed E-state index contributed by atoms with van der Waals surface area (Å²) in [6, 6.07) is 0. The molecule has 0 radical (unpaired) electrons. The maximum atomic E-state index is 12.9. The Kier molecular flexibility index (Phi) is 65.1. The first-order chi connectivity index (χ1) is 38.5. The molecule has 0 bridgehead atoms. The largest absolute Gasteiger partial charge is 0.462 e. The molecule has 78 heavy (non-hydrogen) atoms. The van der Waals surface area contributed by atoms with Crippen molar-refractivity contribution in [2.75, 3.05) is 13.2 Å². The van der Waals surface area contributed by atoms with Crippen LogP contribution in [0.5, 0.6) is 0 Å². The molecule has 0 fully saturated rings. The first kappa shape index (κ1) is 75.6. The first-order valence-corrected chi connectivity index (χ1v) is 35.0. The lowest BCUT2D eigenvalue weighted by Gasteiger charge is -2.18. The summed E-state index contributed by atoms with van der Waals surface area (Å²) in [4.78, 5) is 38.4. The van der Waals surface area contributed by atoms with E-state index in [1.165, 1.54) is 270 Å². The molecule has 458 valence electrons. The predicted octanol–water partition coefficient (Wildman–Crippen LogP) is 23.9. The average molecular weight is 1100 g/mol. The molecule has 6 nitrogen and oxygen atoms in total. The van der Waals surface area contributed by atoms with Crippen molar-refractivity contribution in [1.29, 1.82) is 0 Å². The molecule has 0 heterocycles. The SMILES string of the molecule is CCCC/C=C\C/C=C\CCCCCCCC(=O)OCC(COC(=O)CCCCCCCCCCCCCCC/C=C\CCCCCCCCCC)OC(=O)CCCCCCCCCCCCCCCCCCCCCCC. The van der Waals surface area contributed by atoms with Crippen LogP contribution in [0, 0.1) is 0 Å². The third-order valence-corrected chi connectivity index (χ3v) is 15.9. The van der Waals surface area contributed by atoms with Crippen LogP contribution in [0.15, 0.2) is 36.5 Å². The van der Waals surface area contributed by atoms with Crippen molar-refractivity contribution in [2.45, 2.75) is 393 Å². The Bertz CT molecular complexity index is 1300. The Balaban J connectivity index is 4.25. The molecular weight excluding hydrogens is 961 g/mol. The Labute approximate surface area is 486 Å². The van der Waals surface area contributed by atoms with Crippen LogP contribution in [0.25, 0.3) is 0 Å². The van der Waals surface area contributed by atoms with Gasteiger partial charge in [0.2, 0.25) is 0 Å². The fourth-order valence-corrected chi connectivity index (χ4v) is 10.6. The molecule has 0 saturated heterocycles. The second kappa shape index (κ2) is 67.1. The number of carbonyl (C=O) groups excluding carboxylic acids is 3. The molecule has 1 atom stereocenters. The van der Waals surface area contributed by atoms with Gasteiger partial charge in [-0.15, -0.1) is 0 Å². The number of ether oxygens (including phenoxy) is 3. The molecule has 0 N–H and O–H groups in total. The van der Waals surface area contributed by atoms with E-state index in [0.717, 1.165) is 77.0 Å². The highest BCUT2D eigenvalue weighted by Crippen LogP contribution is 2.18. The van der Waals surface area contributed by atoms with Gasteiger partial charge in [0.15, 0.2) is 6.10 Å². The van der Waals surface area contributed by atoms with E-state index in [-0.39, 0.29) is 31.1 Å². The van der Waals surface area contributed by atoms with E-state index in [4.69, 9.17) is 14.2 Å². The van der Waals surface area contributed by atoms with Crippen molar-refractivity contribution in [3.8, 4) is 0 Å². The van der Waals surface area contributed by atoms with E-state index in [1.807, 2.05) is 0 Å². The predicted molar refractivity (Wildman–Crippen MR) is 339 cm³/mol. The summed E-state index contributed by atoms with van der Waals surface area (Å²) in [5.74, 6) is -0.858. The lowest BCUT2D eigenvalue weighted by Crippen LogP contribution is -2.30. The molecule has 0 aliphatic heterocycles. The minimum Gasteiger partial charge on any atom is -0.462 e. The molecule has 0 spiro atoms. The summed E-state index contributed by atoms with van der Waals surface area (Å²) >= 11 is 0. The third kappa shape index (κ3) is 64.5. The number of rotatable bonds is 65. The Hall–Kier alpha value is -2.37. The average Bonchev–Trinajstić information content (AvgIpc) is 3.44. The highest BCUT2D eigenvalue weighted by atomic mass is 16.6. The standard InChI is InChI=1S/C72H134O6/c1-4-7-10-13-16-19-22-25-28-30-32-34-35-36-37-39-40-42-44-47-50-53-56-59-62-65-71(74)77-68-69(67-76-70(73)64-61-58-55-52-49-46-27-24-21-18-15-12-9-6-3)78-72(75)66-63-60-57-54-51-48-45-43-41-38-33-31-29-26-23-20-17-14-11-8-5-2/h15,18,24,27,30,32,69H,4-14,16-17,19-23,25-26,28-29,31,33-68H2,1-3H3/b18-15-,27-24-,32-30-. The molecule has 0 rings (SSSR count). The van der Waals surface area contributed by atoms with E-state index in [1.54, 1.807) is 0 Å². The van der Waals surface area contributed by atoms with Gasteiger partial charge in [-0.25, -0.2) is 0 Å². The van der Waals surface area contributed by atoms with Gasteiger partial charge in [-0.2, -0.15) is 0 Å². The number of carbonyl (C=O) groups is 3. The molecule has 1 unspecified atom stereocenters. The van der Waals surface area contributed by atoms with Crippen LogP contribution in [-0.4, -0.2) is 37.2 Å². The van der Waals surface area contributed by atoms with Crippen LogP contribution in [0.4, 0.5) is 0 Å². The Morgan fingerprint density at radius 2 is 0.474 bits per heavy atom. The van der Waals surface area contributed by atoms with Gasteiger partial charge in [0.25, 0.3) is 0 Å². The normalized spacial score (nSPS) is 12.2. The maximum Gasteiger partial charge on any atom is 0.306 e. The smallest absolute Gasteiger partial charge is 0.306 e. The molecule has 0 aromatic heterocycles.